The fourth-order valence-electron chi connectivity index (χ4n) is 1.40. The summed E-state index contributed by atoms with van der Waals surface area (Å²) >= 11 is 0. The van der Waals surface area contributed by atoms with E-state index in [-0.39, 0.29) is 0 Å². The highest BCUT2D eigenvalue weighted by Gasteiger charge is 2.12. The van der Waals surface area contributed by atoms with E-state index in [1.807, 2.05) is 0 Å². The lowest BCUT2D eigenvalue weighted by Crippen LogP contribution is -2.11. The zero-order valence-electron chi connectivity index (χ0n) is 9.88. The molecule has 0 amide bonds. The number of carbonyl (C=O) groups is 1. The van der Waals surface area contributed by atoms with Gasteiger partial charge in [-0.2, -0.15) is 5.10 Å². The molecule has 7 nitrogen and oxygen atoms in total. The van der Waals surface area contributed by atoms with Crippen molar-refractivity contribution in [1.82, 2.24) is 20.2 Å². The molecule has 94 valence electrons. The van der Waals surface area contributed by atoms with Crippen LogP contribution < -0.4 is 5.32 Å². The van der Waals surface area contributed by atoms with E-state index >= 15 is 0 Å². The van der Waals surface area contributed by atoms with Gasteiger partial charge in [0.15, 0.2) is 0 Å². The summed E-state index contributed by atoms with van der Waals surface area (Å²) in [5.74, 6) is 0.730. The second kappa shape index (κ2) is 5.76. The fraction of sp³-hybridized carbons (Fsp3) is 0.273. The van der Waals surface area contributed by atoms with Crippen LogP contribution in [0.4, 0.5) is 5.82 Å². The highest BCUT2D eigenvalue weighted by molar-refractivity contribution is 5.94. The highest BCUT2D eigenvalue weighted by Crippen LogP contribution is 2.13. The maximum Gasteiger partial charge on any atom is 0.341 e. The number of ether oxygens (including phenoxy) is 1. The molecule has 0 unspecified atom stereocenters. The van der Waals surface area contributed by atoms with Gasteiger partial charge in [-0.05, 0) is 19.1 Å². The molecule has 0 saturated carbocycles. The number of aromatic nitrogens is 4. The van der Waals surface area contributed by atoms with Crippen molar-refractivity contribution in [2.45, 2.75) is 13.5 Å². The molecule has 0 spiro atoms. The Morgan fingerprint density at radius 3 is 3.11 bits per heavy atom. The SMILES string of the molecule is CCOC(=O)c1cccnc1NCc1ncn[nH]1. The molecule has 2 heterocycles. The van der Waals surface area contributed by atoms with Crippen LogP contribution in [0.5, 0.6) is 0 Å². The van der Waals surface area contributed by atoms with Crippen molar-refractivity contribution in [3.8, 4) is 0 Å². The summed E-state index contributed by atoms with van der Waals surface area (Å²) in [5, 5.41) is 9.46. The van der Waals surface area contributed by atoms with Gasteiger partial charge >= 0.3 is 5.97 Å². The number of aromatic amines is 1. The van der Waals surface area contributed by atoms with Gasteiger partial charge in [0, 0.05) is 6.20 Å². The van der Waals surface area contributed by atoms with Crippen molar-refractivity contribution in [2.24, 2.45) is 0 Å². The number of nitrogens with one attached hydrogen (secondary N) is 2. The van der Waals surface area contributed by atoms with E-state index in [0.29, 0.717) is 30.4 Å². The minimum atomic E-state index is -0.398. The molecule has 0 aliphatic heterocycles. The van der Waals surface area contributed by atoms with Crippen LogP contribution in [0.1, 0.15) is 23.1 Å². The number of H-pyrrole nitrogens is 1. The predicted octanol–water partition coefficient (Wildman–Crippen LogP) is 0.988. The Morgan fingerprint density at radius 2 is 2.39 bits per heavy atom. The van der Waals surface area contributed by atoms with Crippen LogP contribution in [0.2, 0.25) is 0 Å². The number of esters is 1. The molecule has 18 heavy (non-hydrogen) atoms. The van der Waals surface area contributed by atoms with Gasteiger partial charge in [-0.3, -0.25) is 5.10 Å². The highest BCUT2D eigenvalue weighted by atomic mass is 16.5. The molecule has 0 aliphatic carbocycles. The molecular weight excluding hydrogens is 234 g/mol. The van der Waals surface area contributed by atoms with Gasteiger partial charge < -0.3 is 10.1 Å². The van der Waals surface area contributed by atoms with Crippen LogP contribution in [0.3, 0.4) is 0 Å². The Labute approximate surface area is 104 Å². The summed E-state index contributed by atoms with van der Waals surface area (Å²) in [6.07, 6.45) is 3.02. The van der Waals surface area contributed by atoms with Crippen LogP contribution >= 0.6 is 0 Å². The standard InChI is InChI=1S/C11H13N5O2/c1-2-18-11(17)8-4-3-5-12-10(8)13-6-9-14-7-15-16-9/h3-5,7H,2,6H2,1H3,(H,12,13)(H,14,15,16). The van der Waals surface area contributed by atoms with Crippen LogP contribution in [0, 0.1) is 0 Å². The third-order valence-electron chi connectivity index (χ3n) is 2.19. The van der Waals surface area contributed by atoms with Crippen LogP contribution in [0.15, 0.2) is 24.7 Å². The Bertz CT molecular complexity index is 512. The topological polar surface area (TPSA) is 92.8 Å². The van der Waals surface area contributed by atoms with Crippen molar-refractivity contribution in [2.75, 3.05) is 11.9 Å². The number of hydrogen-bond donors (Lipinski definition) is 2. The summed E-state index contributed by atoms with van der Waals surface area (Å²) in [4.78, 5) is 19.8. The van der Waals surface area contributed by atoms with E-state index in [9.17, 15) is 4.79 Å². The lowest BCUT2D eigenvalue weighted by molar-refractivity contribution is 0.0527. The third kappa shape index (κ3) is 2.82. The average Bonchev–Trinajstić information content (AvgIpc) is 2.90. The molecule has 0 aliphatic rings. The number of carbonyl (C=O) groups excluding carboxylic acids is 1. The Morgan fingerprint density at radius 1 is 1.50 bits per heavy atom. The maximum atomic E-state index is 11.7. The van der Waals surface area contributed by atoms with Crippen LogP contribution in [-0.4, -0.2) is 32.7 Å². The van der Waals surface area contributed by atoms with Gasteiger partial charge in [0.1, 0.15) is 23.5 Å². The van der Waals surface area contributed by atoms with Gasteiger partial charge in [0.25, 0.3) is 0 Å². The number of anilines is 1. The van der Waals surface area contributed by atoms with E-state index in [0.717, 1.165) is 0 Å². The Kier molecular flexibility index (Phi) is 3.85. The van der Waals surface area contributed by atoms with Gasteiger partial charge in [-0.15, -0.1) is 0 Å². The van der Waals surface area contributed by atoms with E-state index in [1.54, 1.807) is 25.3 Å². The molecule has 0 fully saturated rings. The first kappa shape index (κ1) is 12.0. The lowest BCUT2D eigenvalue weighted by Gasteiger charge is -2.08. The van der Waals surface area contributed by atoms with Gasteiger partial charge in [0.2, 0.25) is 0 Å². The summed E-state index contributed by atoms with van der Waals surface area (Å²) < 4.78 is 4.95. The van der Waals surface area contributed by atoms with Crippen molar-refractivity contribution >= 4 is 11.8 Å². The average molecular weight is 247 g/mol. The first-order valence-corrected chi connectivity index (χ1v) is 5.51. The van der Waals surface area contributed by atoms with Crippen molar-refractivity contribution in [3.63, 3.8) is 0 Å². The Hall–Kier alpha value is -2.44. The summed E-state index contributed by atoms with van der Waals surface area (Å²) in [5.41, 5.74) is 0.402. The molecule has 2 aromatic rings. The smallest absolute Gasteiger partial charge is 0.341 e. The quantitative estimate of drug-likeness (QED) is 0.765. The normalized spacial score (nSPS) is 10.1. The van der Waals surface area contributed by atoms with Crippen molar-refractivity contribution in [3.05, 3.63) is 36.0 Å². The van der Waals surface area contributed by atoms with Gasteiger partial charge in [-0.1, -0.05) is 0 Å². The van der Waals surface area contributed by atoms with Gasteiger partial charge in [-0.25, -0.2) is 14.8 Å². The van der Waals surface area contributed by atoms with Gasteiger partial charge in [0.05, 0.1) is 13.2 Å². The van der Waals surface area contributed by atoms with E-state index < -0.39 is 5.97 Å². The third-order valence-corrected chi connectivity index (χ3v) is 2.19. The zero-order valence-corrected chi connectivity index (χ0v) is 9.88. The van der Waals surface area contributed by atoms with Crippen LogP contribution in [0.25, 0.3) is 0 Å². The second-order valence-electron chi connectivity index (χ2n) is 3.41. The molecule has 0 aromatic carbocycles. The Balaban J connectivity index is 2.09. The predicted molar refractivity (Wildman–Crippen MR) is 63.9 cm³/mol. The zero-order chi connectivity index (χ0) is 12.8. The molecule has 2 aromatic heterocycles. The second-order valence-corrected chi connectivity index (χ2v) is 3.41. The summed E-state index contributed by atoms with van der Waals surface area (Å²) in [7, 11) is 0. The number of nitrogens with zero attached hydrogens (tertiary/aromatic N) is 3. The first-order valence-electron chi connectivity index (χ1n) is 5.51. The molecule has 2 N–H and O–H groups in total. The molecule has 7 heteroatoms. The molecule has 0 radical (unpaired) electrons. The lowest BCUT2D eigenvalue weighted by atomic mass is 10.2. The summed E-state index contributed by atoms with van der Waals surface area (Å²) in [6, 6.07) is 3.35. The van der Waals surface area contributed by atoms with Crippen LogP contribution in [-0.2, 0) is 11.3 Å². The minimum Gasteiger partial charge on any atom is -0.462 e. The minimum absolute atomic E-state index is 0.329. The molecule has 2 rings (SSSR count). The molecule has 0 atom stereocenters. The largest absolute Gasteiger partial charge is 0.462 e. The maximum absolute atomic E-state index is 11.7. The number of hydrogen-bond acceptors (Lipinski definition) is 6. The van der Waals surface area contributed by atoms with Crippen molar-refractivity contribution < 1.29 is 9.53 Å². The molecule has 0 saturated heterocycles. The number of pyridine rings is 1. The number of rotatable bonds is 5. The fourth-order valence-corrected chi connectivity index (χ4v) is 1.40. The molecular formula is C11H13N5O2. The monoisotopic (exact) mass is 247 g/mol. The van der Waals surface area contributed by atoms with E-state index in [4.69, 9.17) is 4.74 Å². The first-order chi connectivity index (χ1) is 8.81. The van der Waals surface area contributed by atoms with E-state index in [1.165, 1.54) is 6.33 Å². The molecule has 0 bridgehead atoms. The summed E-state index contributed by atoms with van der Waals surface area (Å²) in [6.45, 7) is 2.49. The van der Waals surface area contributed by atoms with E-state index in [2.05, 4.69) is 25.5 Å². The van der Waals surface area contributed by atoms with Crippen molar-refractivity contribution in [1.29, 1.82) is 0 Å².